The van der Waals surface area contributed by atoms with Crippen molar-refractivity contribution in [3.05, 3.63) is 29.3 Å². The van der Waals surface area contributed by atoms with Crippen LogP contribution in [-0.4, -0.2) is 46.9 Å². The highest BCUT2D eigenvalue weighted by Crippen LogP contribution is 2.25. The average molecular weight is 277 g/mol. The van der Waals surface area contributed by atoms with Crippen LogP contribution in [0, 0.1) is 0 Å². The van der Waals surface area contributed by atoms with Crippen LogP contribution in [0.1, 0.15) is 10.5 Å². The number of carbonyl (C=O) groups excluding carboxylic acids is 1. The minimum absolute atomic E-state index is 0.0123. The summed E-state index contributed by atoms with van der Waals surface area (Å²) in [6.45, 7) is 2.50. The second-order valence-corrected chi connectivity index (χ2v) is 5.37. The summed E-state index contributed by atoms with van der Waals surface area (Å²) >= 11 is 1.65. The fourth-order valence-corrected chi connectivity index (χ4v) is 2.93. The lowest BCUT2D eigenvalue weighted by Crippen LogP contribution is -2.40. The van der Waals surface area contributed by atoms with Crippen LogP contribution in [0.15, 0.2) is 23.6 Å². The minimum atomic E-state index is -0.0123. The van der Waals surface area contributed by atoms with Gasteiger partial charge in [0.2, 0.25) is 0 Å². The Morgan fingerprint density at radius 2 is 2.21 bits per heavy atom. The molecule has 0 unspecified atom stereocenters. The largest absolute Gasteiger partial charge is 0.378 e. The predicted octanol–water partition coefficient (Wildman–Crippen LogP) is 1.62. The zero-order valence-corrected chi connectivity index (χ0v) is 11.5. The van der Waals surface area contributed by atoms with Crippen molar-refractivity contribution in [2.75, 3.05) is 26.3 Å². The number of nitrogens with zero attached hydrogens (tertiary/aromatic N) is 3. The molecule has 1 aliphatic rings. The van der Waals surface area contributed by atoms with Gasteiger partial charge in [0.1, 0.15) is 0 Å². The number of morpholine rings is 1. The highest BCUT2D eigenvalue weighted by atomic mass is 32.1. The molecule has 0 spiro atoms. The molecule has 100 valence electrons. The Kier molecular flexibility index (Phi) is 3.35. The van der Waals surface area contributed by atoms with Gasteiger partial charge in [-0.3, -0.25) is 9.48 Å². The average Bonchev–Trinajstić information content (AvgIpc) is 3.08. The summed E-state index contributed by atoms with van der Waals surface area (Å²) in [7, 11) is 1.87. The number of rotatable bonds is 2. The summed E-state index contributed by atoms with van der Waals surface area (Å²) in [6.07, 6.45) is 0. The molecule has 2 aromatic rings. The van der Waals surface area contributed by atoms with Crippen molar-refractivity contribution < 1.29 is 9.53 Å². The second kappa shape index (κ2) is 5.14. The fourth-order valence-electron chi connectivity index (χ4n) is 2.16. The summed E-state index contributed by atoms with van der Waals surface area (Å²) in [5.74, 6) is -0.0123. The number of ether oxygens (including phenoxy) is 1. The van der Waals surface area contributed by atoms with Crippen LogP contribution in [0.4, 0.5) is 0 Å². The summed E-state index contributed by atoms with van der Waals surface area (Å²) in [5, 5.41) is 6.35. The van der Waals surface area contributed by atoms with E-state index in [1.165, 1.54) is 0 Å². The molecule has 3 rings (SSSR count). The standard InChI is InChI=1S/C13H15N3O2S/c1-15-11(12-3-2-8-19-12)9-10(14-15)13(17)16-4-6-18-7-5-16/h2-3,8-9H,4-7H2,1H3. The van der Waals surface area contributed by atoms with Crippen molar-refractivity contribution in [1.82, 2.24) is 14.7 Å². The van der Waals surface area contributed by atoms with Gasteiger partial charge in [-0.25, -0.2) is 0 Å². The van der Waals surface area contributed by atoms with Crippen LogP contribution in [0.2, 0.25) is 0 Å². The Morgan fingerprint density at radius 3 is 2.89 bits per heavy atom. The quantitative estimate of drug-likeness (QED) is 0.838. The lowest BCUT2D eigenvalue weighted by atomic mass is 10.2. The first-order chi connectivity index (χ1) is 9.25. The molecule has 2 aromatic heterocycles. The van der Waals surface area contributed by atoms with Crippen LogP contribution >= 0.6 is 11.3 Å². The molecule has 1 saturated heterocycles. The van der Waals surface area contributed by atoms with Gasteiger partial charge in [-0.2, -0.15) is 5.10 Å². The topological polar surface area (TPSA) is 47.4 Å². The zero-order valence-electron chi connectivity index (χ0n) is 10.7. The lowest BCUT2D eigenvalue weighted by Gasteiger charge is -2.25. The van der Waals surface area contributed by atoms with E-state index in [0.717, 1.165) is 10.6 Å². The van der Waals surface area contributed by atoms with Crippen molar-refractivity contribution >= 4 is 17.2 Å². The molecule has 1 fully saturated rings. The maximum atomic E-state index is 12.3. The van der Waals surface area contributed by atoms with Gasteiger partial charge in [0, 0.05) is 20.1 Å². The first-order valence-corrected chi connectivity index (χ1v) is 7.08. The van der Waals surface area contributed by atoms with Gasteiger partial charge in [0.15, 0.2) is 5.69 Å². The smallest absolute Gasteiger partial charge is 0.274 e. The molecule has 1 amide bonds. The summed E-state index contributed by atoms with van der Waals surface area (Å²) in [4.78, 5) is 15.2. The van der Waals surface area contributed by atoms with Crippen LogP contribution in [0.3, 0.4) is 0 Å². The van der Waals surface area contributed by atoms with Crippen molar-refractivity contribution in [2.45, 2.75) is 0 Å². The molecule has 19 heavy (non-hydrogen) atoms. The maximum absolute atomic E-state index is 12.3. The normalized spacial score (nSPS) is 15.7. The molecule has 0 aliphatic carbocycles. The van der Waals surface area contributed by atoms with Crippen LogP contribution in [0.25, 0.3) is 10.6 Å². The number of aromatic nitrogens is 2. The molecule has 0 bridgehead atoms. The van der Waals surface area contributed by atoms with Gasteiger partial charge in [0.05, 0.1) is 23.8 Å². The number of hydrogen-bond acceptors (Lipinski definition) is 4. The van der Waals surface area contributed by atoms with E-state index < -0.39 is 0 Å². The molecule has 5 nitrogen and oxygen atoms in total. The number of amides is 1. The lowest BCUT2D eigenvalue weighted by molar-refractivity contribution is 0.0298. The zero-order chi connectivity index (χ0) is 13.2. The Morgan fingerprint density at radius 1 is 1.42 bits per heavy atom. The highest BCUT2D eigenvalue weighted by molar-refractivity contribution is 7.13. The molecular weight excluding hydrogens is 262 g/mol. The third kappa shape index (κ3) is 2.41. The van der Waals surface area contributed by atoms with E-state index in [0.29, 0.717) is 32.0 Å². The van der Waals surface area contributed by atoms with Gasteiger partial charge in [-0.15, -0.1) is 11.3 Å². The number of carbonyl (C=O) groups is 1. The Labute approximate surface area is 115 Å². The van der Waals surface area contributed by atoms with Crippen molar-refractivity contribution in [1.29, 1.82) is 0 Å². The molecule has 3 heterocycles. The monoisotopic (exact) mass is 277 g/mol. The SMILES string of the molecule is Cn1nc(C(=O)N2CCOCC2)cc1-c1cccs1. The van der Waals surface area contributed by atoms with Crippen LogP contribution in [0.5, 0.6) is 0 Å². The first-order valence-electron chi connectivity index (χ1n) is 6.20. The molecule has 0 radical (unpaired) electrons. The fraction of sp³-hybridized carbons (Fsp3) is 0.385. The minimum Gasteiger partial charge on any atom is -0.378 e. The summed E-state index contributed by atoms with van der Waals surface area (Å²) in [6, 6.07) is 5.89. The molecule has 0 saturated carbocycles. The van der Waals surface area contributed by atoms with Gasteiger partial charge < -0.3 is 9.64 Å². The van der Waals surface area contributed by atoms with E-state index in [2.05, 4.69) is 5.10 Å². The van der Waals surface area contributed by atoms with E-state index in [4.69, 9.17) is 4.74 Å². The Hall–Kier alpha value is -1.66. The first kappa shape index (κ1) is 12.4. The summed E-state index contributed by atoms with van der Waals surface area (Å²) in [5.41, 5.74) is 1.49. The maximum Gasteiger partial charge on any atom is 0.274 e. The summed E-state index contributed by atoms with van der Waals surface area (Å²) < 4.78 is 7.02. The van der Waals surface area contributed by atoms with Gasteiger partial charge in [0.25, 0.3) is 5.91 Å². The van der Waals surface area contributed by atoms with Gasteiger partial charge in [-0.05, 0) is 17.5 Å². The Balaban J connectivity index is 1.85. The van der Waals surface area contributed by atoms with Crippen molar-refractivity contribution in [3.8, 4) is 10.6 Å². The third-order valence-corrected chi connectivity index (χ3v) is 4.06. The van der Waals surface area contributed by atoms with Gasteiger partial charge in [-0.1, -0.05) is 6.07 Å². The van der Waals surface area contributed by atoms with Crippen molar-refractivity contribution in [3.63, 3.8) is 0 Å². The van der Waals surface area contributed by atoms with E-state index in [1.54, 1.807) is 20.9 Å². The van der Waals surface area contributed by atoms with Crippen LogP contribution < -0.4 is 0 Å². The molecule has 0 atom stereocenters. The third-order valence-electron chi connectivity index (χ3n) is 3.17. The molecular formula is C13H15N3O2S. The van der Waals surface area contributed by atoms with E-state index in [1.807, 2.05) is 30.6 Å². The molecule has 1 aliphatic heterocycles. The second-order valence-electron chi connectivity index (χ2n) is 4.42. The number of hydrogen-bond donors (Lipinski definition) is 0. The Bertz CT molecular complexity index is 571. The van der Waals surface area contributed by atoms with Gasteiger partial charge >= 0.3 is 0 Å². The van der Waals surface area contributed by atoms with Crippen LogP contribution in [-0.2, 0) is 11.8 Å². The number of thiophene rings is 1. The predicted molar refractivity (Wildman–Crippen MR) is 73.2 cm³/mol. The number of aryl methyl sites for hydroxylation is 1. The highest BCUT2D eigenvalue weighted by Gasteiger charge is 2.22. The van der Waals surface area contributed by atoms with E-state index in [-0.39, 0.29) is 5.91 Å². The molecule has 0 N–H and O–H groups in total. The molecule has 0 aromatic carbocycles. The van der Waals surface area contributed by atoms with E-state index in [9.17, 15) is 4.79 Å². The van der Waals surface area contributed by atoms with E-state index >= 15 is 0 Å². The molecule has 6 heteroatoms. The van der Waals surface area contributed by atoms with Crippen molar-refractivity contribution in [2.24, 2.45) is 7.05 Å².